The van der Waals surface area contributed by atoms with Crippen LogP contribution in [0.5, 0.6) is 5.75 Å². The maximum Gasteiger partial charge on any atom is 0.339 e. The first-order chi connectivity index (χ1) is 11.5. The number of carboxylic acid groups (broad SMARTS) is 1. The number of hydrogen-bond donors (Lipinski definition) is 3. The first-order valence-corrected chi connectivity index (χ1v) is 7.80. The number of nitrogens with zero attached hydrogens (tertiary/aromatic N) is 1. The molecular formula is C18H17ClN2O3. The zero-order chi connectivity index (χ0) is 17.7. The Morgan fingerprint density at radius 1 is 1.12 bits per heavy atom. The van der Waals surface area contributed by atoms with E-state index in [9.17, 15) is 9.90 Å². The van der Waals surface area contributed by atoms with Crippen LogP contribution in [0.1, 0.15) is 24.2 Å². The molecule has 0 aliphatic carbocycles. The Labute approximate surface area is 144 Å². The highest BCUT2D eigenvalue weighted by atomic mass is 35.5. The largest absolute Gasteiger partial charge is 0.507 e. The van der Waals surface area contributed by atoms with Crippen LogP contribution >= 0.6 is 11.6 Å². The van der Waals surface area contributed by atoms with Crippen LogP contribution < -0.4 is 5.32 Å². The number of phenols is 1. The summed E-state index contributed by atoms with van der Waals surface area (Å²) < 4.78 is 0. The number of anilines is 2. The second-order valence-corrected chi connectivity index (χ2v) is 5.12. The van der Waals surface area contributed by atoms with Gasteiger partial charge in [0.15, 0.2) is 0 Å². The Kier molecular flexibility index (Phi) is 5.60. The van der Waals surface area contributed by atoms with Crippen molar-refractivity contribution in [1.82, 2.24) is 4.98 Å². The maximum absolute atomic E-state index is 11.1. The van der Waals surface area contributed by atoms with E-state index in [1.54, 1.807) is 30.5 Å². The third-order valence-electron chi connectivity index (χ3n) is 3.21. The molecule has 0 fully saturated rings. The fraction of sp³-hybridized carbons (Fsp3) is 0.111. The lowest BCUT2D eigenvalue weighted by Gasteiger charge is -2.11. The first kappa shape index (κ1) is 17.6. The lowest BCUT2D eigenvalue weighted by molar-refractivity contribution is 0.0694. The van der Waals surface area contributed by atoms with Crippen molar-refractivity contribution in [3.05, 3.63) is 59.2 Å². The van der Waals surface area contributed by atoms with E-state index in [1.807, 2.05) is 19.9 Å². The second-order valence-electron chi connectivity index (χ2n) is 4.68. The standard InChI is InChI=1S/C16H11ClN2O3.C2H6/c17-9-1-3-11-13(5-6-18-14(11)7-9)19-10-2-4-15(20)12(8-10)16(21)22;1-2/h1-8,20H,(H,18,19)(H,21,22);1-2H3. The summed E-state index contributed by atoms with van der Waals surface area (Å²) in [6.45, 7) is 4.00. The van der Waals surface area contributed by atoms with Crippen molar-refractivity contribution in [2.45, 2.75) is 13.8 Å². The van der Waals surface area contributed by atoms with E-state index in [0.29, 0.717) is 10.7 Å². The number of nitrogens with one attached hydrogen (secondary N) is 1. The number of rotatable bonds is 3. The van der Waals surface area contributed by atoms with Crippen LogP contribution in [-0.4, -0.2) is 21.2 Å². The minimum atomic E-state index is -1.19. The van der Waals surface area contributed by atoms with Crippen molar-refractivity contribution >= 4 is 39.8 Å². The Morgan fingerprint density at radius 3 is 2.58 bits per heavy atom. The summed E-state index contributed by atoms with van der Waals surface area (Å²) in [5, 5.41) is 23.2. The van der Waals surface area contributed by atoms with E-state index < -0.39 is 5.97 Å². The van der Waals surface area contributed by atoms with Crippen molar-refractivity contribution in [2.24, 2.45) is 0 Å². The zero-order valence-electron chi connectivity index (χ0n) is 13.2. The average molecular weight is 345 g/mol. The monoisotopic (exact) mass is 344 g/mol. The third-order valence-corrected chi connectivity index (χ3v) is 3.45. The predicted octanol–water partition coefficient (Wildman–Crippen LogP) is 5.06. The fourth-order valence-electron chi connectivity index (χ4n) is 2.17. The molecule has 124 valence electrons. The Morgan fingerprint density at radius 2 is 1.88 bits per heavy atom. The molecule has 0 unspecified atom stereocenters. The van der Waals surface area contributed by atoms with Crippen LogP contribution in [0.2, 0.25) is 5.02 Å². The molecule has 0 bridgehead atoms. The summed E-state index contributed by atoms with van der Waals surface area (Å²) in [4.78, 5) is 15.3. The summed E-state index contributed by atoms with van der Waals surface area (Å²) in [7, 11) is 0. The molecule has 3 aromatic rings. The zero-order valence-corrected chi connectivity index (χ0v) is 14.0. The molecule has 0 atom stereocenters. The van der Waals surface area contributed by atoms with Crippen molar-refractivity contribution in [2.75, 3.05) is 5.32 Å². The molecule has 3 N–H and O–H groups in total. The van der Waals surface area contributed by atoms with Gasteiger partial charge in [0.25, 0.3) is 0 Å². The summed E-state index contributed by atoms with van der Waals surface area (Å²) >= 11 is 5.95. The summed E-state index contributed by atoms with van der Waals surface area (Å²) in [6.07, 6.45) is 1.64. The van der Waals surface area contributed by atoms with E-state index in [2.05, 4.69) is 10.3 Å². The normalized spacial score (nSPS) is 9.96. The first-order valence-electron chi connectivity index (χ1n) is 7.42. The highest BCUT2D eigenvalue weighted by molar-refractivity contribution is 6.31. The number of pyridine rings is 1. The molecule has 0 amide bonds. The van der Waals surface area contributed by atoms with E-state index in [-0.39, 0.29) is 11.3 Å². The number of fused-ring (bicyclic) bond motifs is 1. The van der Waals surface area contributed by atoms with Crippen LogP contribution in [0.25, 0.3) is 10.9 Å². The molecule has 0 saturated carbocycles. The molecular weight excluding hydrogens is 328 g/mol. The molecule has 1 aromatic heterocycles. The number of aromatic carboxylic acids is 1. The summed E-state index contributed by atoms with van der Waals surface area (Å²) in [5.74, 6) is -1.46. The molecule has 0 aliphatic heterocycles. The second kappa shape index (κ2) is 7.66. The van der Waals surface area contributed by atoms with Crippen LogP contribution in [0.15, 0.2) is 48.7 Å². The molecule has 24 heavy (non-hydrogen) atoms. The topological polar surface area (TPSA) is 82.5 Å². The van der Waals surface area contributed by atoms with Gasteiger partial charge in [0, 0.05) is 28.0 Å². The van der Waals surface area contributed by atoms with Gasteiger partial charge in [-0.05, 0) is 42.5 Å². The minimum Gasteiger partial charge on any atom is -0.507 e. The molecule has 0 spiro atoms. The average Bonchev–Trinajstić information content (AvgIpc) is 2.58. The van der Waals surface area contributed by atoms with Gasteiger partial charge in [-0.2, -0.15) is 0 Å². The van der Waals surface area contributed by atoms with Gasteiger partial charge >= 0.3 is 5.97 Å². The van der Waals surface area contributed by atoms with Gasteiger partial charge in [-0.15, -0.1) is 0 Å². The van der Waals surface area contributed by atoms with Gasteiger partial charge in [-0.1, -0.05) is 25.4 Å². The number of hydrogen-bond acceptors (Lipinski definition) is 4. The van der Waals surface area contributed by atoms with Crippen LogP contribution in [0, 0.1) is 0 Å². The van der Waals surface area contributed by atoms with Crippen molar-refractivity contribution in [3.63, 3.8) is 0 Å². The predicted molar refractivity (Wildman–Crippen MR) is 96.4 cm³/mol. The van der Waals surface area contributed by atoms with Crippen LogP contribution in [0.4, 0.5) is 11.4 Å². The molecule has 0 saturated heterocycles. The minimum absolute atomic E-state index is 0.161. The smallest absolute Gasteiger partial charge is 0.339 e. The Bertz CT molecular complexity index is 881. The third kappa shape index (κ3) is 3.75. The molecule has 5 nitrogen and oxygen atoms in total. The lowest BCUT2D eigenvalue weighted by Crippen LogP contribution is -1.99. The Balaban J connectivity index is 0.00000100. The highest BCUT2D eigenvalue weighted by Gasteiger charge is 2.11. The molecule has 1 heterocycles. The van der Waals surface area contributed by atoms with Gasteiger partial charge in [-0.25, -0.2) is 4.79 Å². The number of aromatic nitrogens is 1. The van der Waals surface area contributed by atoms with Gasteiger partial charge in [0.1, 0.15) is 11.3 Å². The SMILES string of the molecule is CC.O=C(O)c1cc(Nc2ccnc3cc(Cl)ccc23)ccc1O. The number of benzene rings is 2. The van der Waals surface area contributed by atoms with E-state index in [1.165, 1.54) is 12.1 Å². The molecule has 6 heteroatoms. The van der Waals surface area contributed by atoms with Crippen LogP contribution in [0.3, 0.4) is 0 Å². The maximum atomic E-state index is 11.1. The van der Waals surface area contributed by atoms with Gasteiger partial charge in [0.05, 0.1) is 5.52 Å². The number of carbonyl (C=O) groups is 1. The molecule has 2 aromatic carbocycles. The summed E-state index contributed by atoms with van der Waals surface area (Å²) in [6, 6.07) is 11.4. The Hall–Kier alpha value is -2.79. The van der Waals surface area contributed by atoms with E-state index in [0.717, 1.165) is 16.6 Å². The van der Waals surface area contributed by atoms with E-state index >= 15 is 0 Å². The molecule has 0 aliphatic rings. The fourth-order valence-corrected chi connectivity index (χ4v) is 2.34. The number of halogens is 1. The van der Waals surface area contributed by atoms with Gasteiger partial charge in [-0.3, -0.25) is 4.98 Å². The summed E-state index contributed by atoms with van der Waals surface area (Å²) in [5.41, 5.74) is 1.89. The molecule has 3 rings (SSSR count). The number of carboxylic acids is 1. The molecule has 0 radical (unpaired) electrons. The van der Waals surface area contributed by atoms with Crippen molar-refractivity contribution in [3.8, 4) is 5.75 Å². The number of aromatic hydroxyl groups is 1. The van der Waals surface area contributed by atoms with Gasteiger partial charge in [0.2, 0.25) is 0 Å². The van der Waals surface area contributed by atoms with Gasteiger partial charge < -0.3 is 15.5 Å². The lowest BCUT2D eigenvalue weighted by atomic mass is 10.1. The van der Waals surface area contributed by atoms with Crippen LogP contribution in [-0.2, 0) is 0 Å². The van der Waals surface area contributed by atoms with E-state index in [4.69, 9.17) is 16.7 Å². The van der Waals surface area contributed by atoms with Crippen molar-refractivity contribution < 1.29 is 15.0 Å². The quantitative estimate of drug-likeness (QED) is 0.578. The highest BCUT2D eigenvalue weighted by Crippen LogP contribution is 2.29. The van der Waals surface area contributed by atoms with Crippen molar-refractivity contribution in [1.29, 1.82) is 0 Å².